The fourth-order valence-electron chi connectivity index (χ4n) is 2.73. The van der Waals surface area contributed by atoms with Crippen molar-refractivity contribution >= 4 is 35.9 Å². The molecule has 0 unspecified atom stereocenters. The van der Waals surface area contributed by atoms with Crippen molar-refractivity contribution in [3.8, 4) is 0 Å². The summed E-state index contributed by atoms with van der Waals surface area (Å²) in [7, 11) is 0. The van der Waals surface area contributed by atoms with Gasteiger partial charge < -0.3 is 15.5 Å². The molecule has 0 spiro atoms. The third kappa shape index (κ3) is 8.48. The molecule has 148 valence electrons. The average molecular weight is 475 g/mol. The molecule has 0 aromatic carbocycles. The second-order valence-electron chi connectivity index (χ2n) is 6.75. The van der Waals surface area contributed by atoms with Crippen LogP contribution in [0.1, 0.15) is 27.2 Å². The van der Waals surface area contributed by atoms with Crippen molar-refractivity contribution < 1.29 is 0 Å². The summed E-state index contributed by atoms with van der Waals surface area (Å²) >= 11 is 0. The zero-order valence-corrected chi connectivity index (χ0v) is 18.6. The van der Waals surface area contributed by atoms with E-state index in [2.05, 4.69) is 56.2 Å². The summed E-state index contributed by atoms with van der Waals surface area (Å²) in [6.07, 6.45) is 4.74. The third-order valence-electron chi connectivity index (χ3n) is 4.25. The van der Waals surface area contributed by atoms with Crippen molar-refractivity contribution in [3.63, 3.8) is 0 Å². The van der Waals surface area contributed by atoms with Crippen molar-refractivity contribution in [1.29, 1.82) is 0 Å². The van der Waals surface area contributed by atoms with Gasteiger partial charge in [0.15, 0.2) is 5.96 Å². The molecule has 0 atom stereocenters. The van der Waals surface area contributed by atoms with E-state index in [1.807, 2.05) is 6.07 Å². The highest BCUT2D eigenvalue weighted by atomic mass is 127. The van der Waals surface area contributed by atoms with Crippen molar-refractivity contribution in [1.82, 2.24) is 25.5 Å². The number of guanidine groups is 1. The Morgan fingerprint density at radius 3 is 2.46 bits per heavy atom. The standard InChI is InChI=1S/C18H33N7.HI/c1-4-19-17(20-9-6-16(2)3)21-10-11-24-12-14-25(15-13-24)18-22-7-5-8-23-18;/h5,7-8,16H,4,6,9-15H2,1-3H3,(H2,19,20,21);1H. The van der Waals surface area contributed by atoms with Gasteiger partial charge in [-0.25, -0.2) is 9.97 Å². The van der Waals surface area contributed by atoms with Crippen LogP contribution in [0.15, 0.2) is 23.5 Å². The number of aliphatic imine (C=N–C) groups is 1. The van der Waals surface area contributed by atoms with Crippen LogP contribution in [-0.4, -0.2) is 73.2 Å². The minimum atomic E-state index is 0. The number of anilines is 1. The molecule has 0 radical (unpaired) electrons. The molecule has 1 fully saturated rings. The molecule has 1 aromatic rings. The number of halogens is 1. The van der Waals surface area contributed by atoms with Gasteiger partial charge in [-0.3, -0.25) is 9.89 Å². The largest absolute Gasteiger partial charge is 0.357 e. The fraction of sp³-hybridized carbons (Fsp3) is 0.722. The summed E-state index contributed by atoms with van der Waals surface area (Å²) in [4.78, 5) is 18.0. The smallest absolute Gasteiger partial charge is 0.225 e. The first-order valence-corrected chi connectivity index (χ1v) is 9.45. The van der Waals surface area contributed by atoms with E-state index in [4.69, 9.17) is 0 Å². The molecule has 1 saturated heterocycles. The van der Waals surface area contributed by atoms with E-state index in [9.17, 15) is 0 Å². The first-order chi connectivity index (χ1) is 12.2. The predicted molar refractivity (Wildman–Crippen MR) is 120 cm³/mol. The molecule has 1 aliphatic heterocycles. The van der Waals surface area contributed by atoms with Crippen LogP contribution in [0.3, 0.4) is 0 Å². The van der Waals surface area contributed by atoms with Gasteiger partial charge >= 0.3 is 0 Å². The summed E-state index contributed by atoms with van der Waals surface area (Å²) in [6.45, 7) is 14.3. The summed E-state index contributed by atoms with van der Waals surface area (Å²) in [5.74, 6) is 2.46. The molecule has 26 heavy (non-hydrogen) atoms. The monoisotopic (exact) mass is 475 g/mol. The molecule has 8 heteroatoms. The van der Waals surface area contributed by atoms with Crippen molar-refractivity contribution in [2.45, 2.75) is 27.2 Å². The Hall–Kier alpha value is -1.16. The number of aromatic nitrogens is 2. The van der Waals surface area contributed by atoms with Crippen molar-refractivity contribution in [3.05, 3.63) is 18.5 Å². The average Bonchev–Trinajstić information content (AvgIpc) is 2.63. The Kier molecular flexibility index (Phi) is 11.5. The third-order valence-corrected chi connectivity index (χ3v) is 4.25. The van der Waals surface area contributed by atoms with E-state index in [0.29, 0.717) is 5.92 Å². The number of rotatable bonds is 8. The van der Waals surface area contributed by atoms with Gasteiger partial charge in [0.05, 0.1) is 0 Å². The summed E-state index contributed by atoms with van der Waals surface area (Å²) in [6, 6.07) is 1.86. The van der Waals surface area contributed by atoms with Gasteiger partial charge in [-0.1, -0.05) is 13.8 Å². The first kappa shape index (κ1) is 22.9. The highest BCUT2D eigenvalue weighted by Gasteiger charge is 2.18. The highest BCUT2D eigenvalue weighted by molar-refractivity contribution is 14.0. The van der Waals surface area contributed by atoms with Crippen LogP contribution in [0, 0.1) is 5.92 Å². The summed E-state index contributed by atoms with van der Waals surface area (Å²) in [5, 5.41) is 6.76. The molecule has 0 aliphatic carbocycles. The van der Waals surface area contributed by atoms with E-state index >= 15 is 0 Å². The lowest BCUT2D eigenvalue weighted by molar-refractivity contribution is 0.260. The van der Waals surface area contributed by atoms with E-state index in [1.165, 1.54) is 0 Å². The zero-order valence-electron chi connectivity index (χ0n) is 16.3. The van der Waals surface area contributed by atoms with Gasteiger partial charge in [0.1, 0.15) is 0 Å². The van der Waals surface area contributed by atoms with Crippen LogP contribution in [0.2, 0.25) is 0 Å². The lowest BCUT2D eigenvalue weighted by Crippen LogP contribution is -2.49. The molecule has 0 saturated carbocycles. The Bertz CT molecular complexity index is 502. The fourth-order valence-corrected chi connectivity index (χ4v) is 2.73. The molecule has 7 nitrogen and oxygen atoms in total. The molecule has 1 aromatic heterocycles. The molecule has 1 aliphatic rings. The number of piperazine rings is 1. The topological polar surface area (TPSA) is 68.7 Å². The second kappa shape index (κ2) is 13.1. The van der Waals surface area contributed by atoms with Gasteiger partial charge in [-0.05, 0) is 25.3 Å². The minimum absolute atomic E-state index is 0. The number of nitrogens with zero attached hydrogens (tertiary/aromatic N) is 5. The van der Waals surface area contributed by atoms with Crippen LogP contribution >= 0.6 is 24.0 Å². The number of nitrogens with one attached hydrogen (secondary N) is 2. The summed E-state index contributed by atoms with van der Waals surface area (Å²) in [5.41, 5.74) is 0. The van der Waals surface area contributed by atoms with E-state index in [-0.39, 0.29) is 24.0 Å². The zero-order chi connectivity index (χ0) is 17.9. The SMILES string of the molecule is CCNC(=NCCC(C)C)NCCN1CCN(c2ncccn2)CC1.I. The number of hydrogen-bond donors (Lipinski definition) is 2. The molecule has 2 N–H and O–H groups in total. The lowest BCUT2D eigenvalue weighted by Gasteiger charge is -2.34. The molecule has 2 rings (SSSR count). The van der Waals surface area contributed by atoms with Crippen LogP contribution < -0.4 is 15.5 Å². The highest BCUT2D eigenvalue weighted by Crippen LogP contribution is 2.09. The van der Waals surface area contributed by atoms with Crippen LogP contribution in [-0.2, 0) is 0 Å². The van der Waals surface area contributed by atoms with E-state index in [0.717, 1.165) is 70.7 Å². The molecule has 0 bridgehead atoms. The van der Waals surface area contributed by atoms with Gasteiger partial charge in [0.25, 0.3) is 0 Å². The predicted octanol–water partition coefficient (Wildman–Crippen LogP) is 1.82. The molecule has 2 heterocycles. The van der Waals surface area contributed by atoms with Crippen molar-refractivity contribution in [2.24, 2.45) is 10.9 Å². The maximum atomic E-state index is 4.64. The minimum Gasteiger partial charge on any atom is -0.357 e. The van der Waals surface area contributed by atoms with Crippen molar-refractivity contribution in [2.75, 3.05) is 57.3 Å². The summed E-state index contributed by atoms with van der Waals surface area (Å²) < 4.78 is 0. The van der Waals surface area contributed by atoms with Crippen LogP contribution in [0.5, 0.6) is 0 Å². The lowest BCUT2D eigenvalue weighted by atomic mass is 10.1. The first-order valence-electron chi connectivity index (χ1n) is 9.45. The van der Waals surface area contributed by atoms with Crippen LogP contribution in [0.25, 0.3) is 0 Å². The molecular formula is C18H34IN7. The normalized spacial score (nSPS) is 15.7. The Labute approximate surface area is 175 Å². The quantitative estimate of drug-likeness (QED) is 0.340. The Morgan fingerprint density at radius 2 is 1.85 bits per heavy atom. The Balaban J connectivity index is 0.00000338. The van der Waals surface area contributed by atoms with Gasteiger partial charge in [-0.2, -0.15) is 0 Å². The molecule has 0 amide bonds. The maximum Gasteiger partial charge on any atom is 0.225 e. The van der Waals surface area contributed by atoms with Crippen LogP contribution in [0.4, 0.5) is 5.95 Å². The van der Waals surface area contributed by atoms with Gasteiger partial charge in [-0.15, -0.1) is 24.0 Å². The van der Waals surface area contributed by atoms with Gasteiger partial charge in [0.2, 0.25) is 5.95 Å². The maximum absolute atomic E-state index is 4.64. The van der Waals surface area contributed by atoms with Gasteiger partial charge in [0, 0.05) is 64.8 Å². The van der Waals surface area contributed by atoms with E-state index in [1.54, 1.807) is 12.4 Å². The Morgan fingerprint density at radius 1 is 1.15 bits per heavy atom. The van der Waals surface area contributed by atoms with E-state index < -0.39 is 0 Å². The number of hydrogen-bond acceptors (Lipinski definition) is 5. The second-order valence-corrected chi connectivity index (χ2v) is 6.75. The molecular weight excluding hydrogens is 441 g/mol.